The lowest BCUT2D eigenvalue weighted by Crippen LogP contribution is -2.39. The Balaban J connectivity index is 1.60. The summed E-state index contributed by atoms with van der Waals surface area (Å²) in [7, 11) is 0. The van der Waals surface area contributed by atoms with E-state index in [4.69, 9.17) is 0 Å². The predicted octanol–water partition coefficient (Wildman–Crippen LogP) is 3.21. The quantitative estimate of drug-likeness (QED) is 0.570. The number of hydrogen-bond donors (Lipinski definition) is 2. The van der Waals surface area contributed by atoms with Gasteiger partial charge in [-0.1, -0.05) is 30.3 Å². The Morgan fingerprint density at radius 1 is 1.06 bits per heavy atom. The van der Waals surface area contributed by atoms with Gasteiger partial charge in [-0.2, -0.15) is 11.3 Å². The van der Waals surface area contributed by atoms with Gasteiger partial charge in [0.15, 0.2) is 0 Å². The average molecular weight is 436 g/mol. The van der Waals surface area contributed by atoms with Gasteiger partial charge in [-0.05, 0) is 54.1 Å². The molecule has 2 N–H and O–H groups in total. The SMILES string of the molecule is C[C@H](Cc1ccsc1)NC(=O)c1cn(Cc2ccccc2)cc(C(=O)NC2CC2)c1=O. The van der Waals surface area contributed by atoms with Gasteiger partial charge >= 0.3 is 0 Å². The Labute approximate surface area is 184 Å². The second-order valence-electron chi connectivity index (χ2n) is 8.03. The van der Waals surface area contributed by atoms with E-state index in [9.17, 15) is 14.4 Å². The first-order valence-electron chi connectivity index (χ1n) is 10.4. The normalized spacial score (nSPS) is 14.1. The lowest BCUT2D eigenvalue weighted by molar-refractivity contribution is 0.0938. The highest BCUT2D eigenvalue weighted by Gasteiger charge is 2.27. The van der Waals surface area contributed by atoms with Crippen LogP contribution in [0.25, 0.3) is 0 Å². The standard InChI is InChI=1S/C24H25N3O3S/c1-16(11-18-9-10-31-15-18)25-23(29)20-13-27(12-17-5-3-2-4-6-17)14-21(22(20)28)24(30)26-19-7-8-19/h2-6,9-10,13-16,19H,7-8,11-12H2,1H3,(H,25,29)(H,26,30)/t16-/m1/s1. The minimum atomic E-state index is -0.539. The molecule has 2 aromatic heterocycles. The molecule has 3 aromatic rings. The van der Waals surface area contributed by atoms with Crippen molar-refractivity contribution >= 4 is 23.2 Å². The van der Waals surface area contributed by atoms with Crippen molar-refractivity contribution in [2.75, 3.05) is 0 Å². The first kappa shape index (κ1) is 21.1. The zero-order chi connectivity index (χ0) is 21.8. The van der Waals surface area contributed by atoms with Crippen molar-refractivity contribution in [1.82, 2.24) is 15.2 Å². The molecule has 0 saturated heterocycles. The molecule has 1 atom stereocenters. The highest BCUT2D eigenvalue weighted by molar-refractivity contribution is 7.07. The van der Waals surface area contributed by atoms with Crippen LogP contribution in [-0.2, 0) is 13.0 Å². The molecule has 160 valence electrons. The molecule has 1 aliphatic carbocycles. The van der Waals surface area contributed by atoms with Crippen LogP contribution in [0.15, 0.2) is 64.3 Å². The van der Waals surface area contributed by atoms with E-state index >= 15 is 0 Å². The van der Waals surface area contributed by atoms with Gasteiger partial charge in [0.2, 0.25) is 5.43 Å². The third-order valence-corrected chi connectivity index (χ3v) is 5.92. The molecule has 2 heterocycles. The lowest BCUT2D eigenvalue weighted by atomic mass is 10.1. The summed E-state index contributed by atoms with van der Waals surface area (Å²) in [5, 5.41) is 9.80. The summed E-state index contributed by atoms with van der Waals surface area (Å²) in [5.41, 5.74) is 1.59. The molecule has 2 amide bonds. The molecular formula is C24H25N3O3S. The van der Waals surface area contributed by atoms with Crippen LogP contribution in [0.5, 0.6) is 0 Å². The van der Waals surface area contributed by atoms with Gasteiger partial charge in [-0.25, -0.2) is 0 Å². The topological polar surface area (TPSA) is 80.2 Å². The third-order valence-electron chi connectivity index (χ3n) is 5.19. The van der Waals surface area contributed by atoms with E-state index in [1.807, 2.05) is 54.1 Å². The summed E-state index contributed by atoms with van der Waals surface area (Å²) in [6.45, 7) is 2.36. The first-order chi connectivity index (χ1) is 15.0. The summed E-state index contributed by atoms with van der Waals surface area (Å²) in [6, 6.07) is 11.7. The van der Waals surface area contributed by atoms with Crippen LogP contribution >= 0.6 is 11.3 Å². The van der Waals surface area contributed by atoms with Crippen molar-refractivity contribution in [1.29, 1.82) is 0 Å². The van der Waals surface area contributed by atoms with Crippen LogP contribution in [0.1, 0.15) is 51.6 Å². The van der Waals surface area contributed by atoms with Crippen LogP contribution in [-0.4, -0.2) is 28.5 Å². The number of rotatable bonds is 8. The number of aromatic nitrogens is 1. The molecule has 1 saturated carbocycles. The zero-order valence-electron chi connectivity index (χ0n) is 17.3. The van der Waals surface area contributed by atoms with Crippen molar-refractivity contribution in [3.8, 4) is 0 Å². The molecular weight excluding hydrogens is 410 g/mol. The van der Waals surface area contributed by atoms with Crippen molar-refractivity contribution in [3.05, 3.63) is 92.0 Å². The Morgan fingerprint density at radius 2 is 1.77 bits per heavy atom. The Kier molecular flexibility index (Phi) is 6.32. The molecule has 0 aliphatic heterocycles. The maximum atomic E-state index is 13.0. The highest BCUT2D eigenvalue weighted by atomic mass is 32.1. The fourth-order valence-corrected chi connectivity index (χ4v) is 4.13. The average Bonchev–Trinajstić information content (AvgIpc) is 3.41. The molecule has 0 spiro atoms. The van der Waals surface area contributed by atoms with Crippen LogP contribution < -0.4 is 16.1 Å². The Bertz CT molecular complexity index is 1120. The summed E-state index contributed by atoms with van der Waals surface area (Å²) in [5.74, 6) is -0.883. The van der Waals surface area contributed by atoms with Crippen LogP contribution in [0, 0.1) is 0 Å². The van der Waals surface area contributed by atoms with Crippen molar-refractivity contribution in [2.45, 2.75) is 44.8 Å². The number of carbonyl (C=O) groups is 2. The number of nitrogens with zero attached hydrogens (tertiary/aromatic N) is 1. The van der Waals surface area contributed by atoms with Gasteiger partial charge in [-0.15, -0.1) is 0 Å². The van der Waals surface area contributed by atoms with E-state index in [-0.39, 0.29) is 23.2 Å². The fraction of sp³-hybridized carbons (Fsp3) is 0.292. The Morgan fingerprint density at radius 3 is 2.42 bits per heavy atom. The molecule has 4 rings (SSSR count). The van der Waals surface area contributed by atoms with Gasteiger partial charge in [0.05, 0.1) is 0 Å². The minimum absolute atomic E-state index is 0.000897. The van der Waals surface area contributed by atoms with Crippen LogP contribution in [0.3, 0.4) is 0 Å². The van der Waals surface area contributed by atoms with E-state index in [1.165, 1.54) is 6.20 Å². The molecule has 6 nitrogen and oxygen atoms in total. The predicted molar refractivity (Wildman–Crippen MR) is 122 cm³/mol. The van der Waals surface area contributed by atoms with E-state index in [1.54, 1.807) is 22.1 Å². The zero-order valence-corrected chi connectivity index (χ0v) is 18.2. The smallest absolute Gasteiger partial charge is 0.256 e. The van der Waals surface area contributed by atoms with Crippen molar-refractivity contribution in [2.24, 2.45) is 0 Å². The van der Waals surface area contributed by atoms with Crippen molar-refractivity contribution in [3.63, 3.8) is 0 Å². The number of carbonyl (C=O) groups excluding carboxylic acids is 2. The largest absolute Gasteiger partial charge is 0.349 e. The summed E-state index contributed by atoms with van der Waals surface area (Å²) < 4.78 is 1.73. The van der Waals surface area contributed by atoms with Gasteiger partial charge < -0.3 is 15.2 Å². The number of benzene rings is 1. The first-order valence-corrected chi connectivity index (χ1v) is 11.3. The number of amides is 2. The molecule has 31 heavy (non-hydrogen) atoms. The highest BCUT2D eigenvalue weighted by Crippen LogP contribution is 2.19. The maximum absolute atomic E-state index is 13.0. The van der Waals surface area contributed by atoms with E-state index < -0.39 is 17.2 Å². The summed E-state index contributed by atoms with van der Waals surface area (Å²) in [6.07, 6.45) is 5.60. The molecule has 0 unspecified atom stereocenters. The van der Waals surface area contributed by atoms with E-state index in [0.29, 0.717) is 13.0 Å². The van der Waals surface area contributed by atoms with Gasteiger partial charge in [0, 0.05) is 31.0 Å². The monoisotopic (exact) mass is 435 g/mol. The molecule has 7 heteroatoms. The number of pyridine rings is 1. The van der Waals surface area contributed by atoms with Gasteiger partial charge in [0.1, 0.15) is 11.1 Å². The van der Waals surface area contributed by atoms with Gasteiger partial charge in [0.25, 0.3) is 11.8 Å². The minimum Gasteiger partial charge on any atom is -0.349 e. The summed E-state index contributed by atoms with van der Waals surface area (Å²) in [4.78, 5) is 38.7. The van der Waals surface area contributed by atoms with Crippen LogP contribution in [0.4, 0.5) is 0 Å². The molecule has 1 aliphatic rings. The second-order valence-corrected chi connectivity index (χ2v) is 8.81. The molecule has 0 bridgehead atoms. The summed E-state index contributed by atoms with van der Waals surface area (Å²) >= 11 is 1.61. The lowest BCUT2D eigenvalue weighted by Gasteiger charge is -2.15. The maximum Gasteiger partial charge on any atom is 0.256 e. The molecule has 1 fully saturated rings. The van der Waals surface area contributed by atoms with E-state index in [2.05, 4.69) is 10.6 Å². The van der Waals surface area contributed by atoms with Crippen LogP contribution in [0.2, 0.25) is 0 Å². The molecule has 0 radical (unpaired) electrons. The third kappa shape index (κ3) is 5.49. The second kappa shape index (κ2) is 9.31. The molecule has 1 aromatic carbocycles. The Hall–Kier alpha value is -3.19. The van der Waals surface area contributed by atoms with E-state index in [0.717, 1.165) is 24.0 Å². The van der Waals surface area contributed by atoms with Gasteiger partial charge in [-0.3, -0.25) is 14.4 Å². The number of thiophene rings is 1. The number of hydrogen-bond acceptors (Lipinski definition) is 4. The van der Waals surface area contributed by atoms with Crippen molar-refractivity contribution < 1.29 is 9.59 Å². The fourth-order valence-electron chi connectivity index (χ4n) is 3.45. The number of nitrogens with one attached hydrogen (secondary N) is 2.